The average molecular weight is 202 g/mol. The first-order valence-electron chi connectivity index (χ1n) is 4.94. The number of hydrogen-bond acceptors (Lipinski definition) is 3. The van der Waals surface area contributed by atoms with Crippen LogP contribution in [0.25, 0.3) is 11.3 Å². The maximum Gasteiger partial charge on any atom is 0.136 e. The van der Waals surface area contributed by atoms with Crippen LogP contribution >= 0.6 is 0 Å². The van der Waals surface area contributed by atoms with E-state index < -0.39 is 0 Å². The summed E-state index contributed by atoms with van der Waals surface area (Å²) in [5.41, 5.74) is 13.7. The summed E-state index contributed by atoms with van der Waals surface area (Å²) in [6.07, 6.45) is 0.884. The van der Waals surface area contributed by atoms with E-state index in [4.69, 9.17) is 15.9 Å². The number of rotatable bonds is 2. The molecule has 0 amide bonds. The highest BCUT2D eigenvalue weighted by Gasteiger charge is 2.07. The molecule has 78 valence electrons. The third-order valence-electron chi connectivity index (χ3n) is 2.35. The lowest BCUT2D eigenvalue weighted by molar-refractivity contribution is 0.529. The molecule has 2 rings (SSSR count). The molecule has 3 heteroatoms. The van der Waals surface area contributed by atoms with E-state index in [9.17, 15) is 0 Å². The number of benzene rings is 1. The van der Waals surface area contributed by atoms with E-state index in [-0.39, 0.29) is 0 Å². The molecule has 0 atom stereocenters. The van der Waals surface area contributed by atoms with Crippen molar-refractivity contribution in [1.82, 2.24) is 0 Å². The number of anilines is 2. The lowest BCUT2D eigenvalue weighted by atomic mass is 10.1. The Morgan fingerprint density at radius 2 is 1.93 bits per heavy atom. The van der Waals surface area contributed by atoms with E-state index >= 15 is 0 Å². The number of hydrogen-bond donors (Lipinski definition) is 2. The molecule has 0 fully saturated rings. The summed E-state index contributed by atoms with van der Waals surface area (Å²) in [7, 11) is 0. The van der Waals surface area contributed by atoms with Crippen LogP contribution in [0.15, 0.2) is 34.7 Å². The SMILES string of the molecule is CCc1ccc(-c2ccc(N)cc2N)o1. The topological polar surface area (TPSA) is 65.2 Å². The normalized spacial score (nSPS) is 10.5. The number of aryl methyl sites for hydroxylation is 1. The molecule has 0 saturated heterocycles. The molecular formula is C12H14N2O. The first-order chi connectivity index (χ1) is 7.20. The molecule has 0 radical (unpaired) electrons. The summed E-state index contributed by atoms with van der Waals surface area (Å²) >= 11 is 0. The summed E-state index contributed by atoms with van der Waals surface area (Å²) in [5.74, 6) is 1.76. The van der Waals surface area contributed by atoms with Crippen molar-refractivity contribution in [2.75, 3.05) is 11.5 Å². The maximum atomic E-state index is 5.86. The Morgan fingerprint density at radius 1 is 1.13 bits per heavy atom. The zero-order valence-corrected chi connectivity index (χ0v) is 8.66. The predicted octanol–water partition coefficient (Wildman–Crippen LogP) is 2.67. The van der Waals surface area contributed by atoms with Gasteiger partial charge in [0.05, 0.1) is 0 Å². The predicted molar refractivity (Wildman–Crippen MR) is 62.3 cm³/mol. The van der Waals surface area contributed by atoms with Crippen molar-refractivity contribution in [2.24, 2.45) is 0 Å². The van der Waals surface area contributed by atoms with Gasteiger partial charge in [-0.15, -0.1) is 0 Å². The van der Waals surface area contributed by atoms with Gasteiger partial charge in [-0.3, -0.25) is 0 Å². The van der Waals surface area contributed by atoms with Gasteiger partial charge in [0.15, 0.2) is 0 Å². The van der Waals surface area contributed by atoms with Gasteiger partial charge in [-0.05, 0) is 30.3 Å². The number of furan rings is 1. The van der Waals surface area contributed by atoms with Crippen molar-refractivity contribution in [3.8, 4) is 11.3 Å². The van der Waals surface area contributed by atoms with E-state index in [2.05, 4.69) is 6.92 Å². The molecule has 0 aliphatic carbocycles. The quantitative estimate of drug-likeness (QED) is 0.736. The molecule has 1 heterocycles. The zero-order chi connectivity index (χ0) is 10.8. The monoisotopic (exact) mass is 202 g/mol. The van der Waals surface area contributed by atoms with Gasteiger partial charge >= 0.3 is 0 Å². The largest absolute Gasteiger partial charge is 0.461 e. The van der Waals surface area contributed by atoms with E-state index in [1.54, 1.807) is 6.07 Å². The number of nitrogens with two attached hydrogens (primary N) is 2. The maximum absolute atomic E-state index is 5.86. The molecule has 4 N–H and O–H groups in total. The highest BCUT2D eigenvalue weighted by molar-refractivity contribution is 5.75. The molecule has 3 nitrogen and oxygen atoms in total. The van der Waals surface area contributed by atoms with Crippen LogP contribution in [0.5, 0.6) is 0 Å². The van der Waals surface area contributed by atoms with E-state index in [0.29, 0.717) is 11.4 Å². The first kappa shape index (κ1) is 9.65. The van der Waals surface area contributed by atoms with Crippen LogP contribution in [-0.4, -0.2) is 0 Å². The fourth-order valence-electron chi connectivity index (χ4n) is 1.52. The van der Waals surface area contributed by atoms with Crippen molar-refractivity contribution in [3.63, 3.8) is 0 Å². The van der Waals surface area contributed by atoms with Crippen LogP contribution in [0.1, 0.15) is 12.7 Å². The molecular weight excluding hydrogens is 188 g/mol. The molecule has 0 spiro atoms. The molecule has 1 aromatic carbocycles. The summed E-state index contributed by atoms with van der Waals surface area (Å²) in [6, 6.07) is 9.33. The molecule has 0 aliphatic heterocycles. The average Bonchev–Trinajstić information content (AvgIpc) is 2.66. The first-order valence-corrected chi connectivity index (χ1v) is 4.94. The molecule has 0 saturated carbocycles. The van der Waals surface area contributed by atoms with Crippen molar-refractivity contribution >= 4 is 11.4 Å². The van der Waals surface area contributed by atoms with Crippen LogP contribution in [-0.2, 0) is 6.42 Å². The fraction of sp³-hybridized carbons (Fsp3) is 0.167. The molecule has 1 aromatic heterocycles. The second kappa shape index (κ2) is 3.69. The van der Waals surface area contributed by atoms with E-state index in [1.165, 1.54) is 0 Å². The third-order valence-corrected chi connectivity index (χ3v) is 2.35. The Kier molecular flexibility index (Phi) is 2.37. The minimum absolute atomic E-state index is 0.645. The summed E-state index contributed by atoms with van der Waals surface area (Å²) < 4.78 is 5.62. The smallest absolute Gasteiger partial charge is 0.136 e. The molecule has 0 aliphatic rings. The second-order valence-electron chi connectivity index (χ2n) is 3.47. The van der Waals surface area contributed by atoms with Crippen LogP contribution in [0.2, 0.25) is 0 Å². The second-order valence-corrected chi connectivity index (χ2v) is 3.47. The zero-order valence-electron chi connectivity index (χ0n) is 8.66. The Morgan fingerprint density at radius 3 is 2.53 bits per heavy atom. The molecule has 2 aromatic rings. The van der Waals surface area contributed by atoms with Gasteiger partial charge in [-0.2, -0.15) is 0 Å². The van der Waals surface area contributed by atoms with Gasteiger partial charge in [-0.25, -0.2) is 0 Å². The van der Waals surface area contributed by atoms with Crippen LogP contribution in [0.3, 0.4) is 0 Å². The standard InChI is InChI=1S/C12H14N2O/c1-2-9-4-6-12(15-9)10-5-3-8(13)7-11(10)14/h3-7H,2,13-14H2,1H3. The van der Waals surface area contributed by atoms with Gasteiger partial charge in [0.1, 0.15) is 11.5 Å². The molecule has 15 heavy (non-hydrogen) atoms. The van der Waals surface area contributed by atoms with E-state index in [0.717, 1.165) is 23.5 Å². The Labute approximate surface area is 88.7 Å². The summed E-state index contributed by atoms with van der Waals surface area (Å²) in [4.78, 5) is 0. The Balaban J connectivity index is 2.44. The summed E-state index contributed by atoms with van der Waals surface area (Å²) in [6.45, 7) is 2.05. The Hall–Kier alpha value is -1.90. The van der Waals surface area contributed by atoms with Gasteiger partial charge < -0.3 is 15.9 Å². The Bertz CT molecular complexity index is 474. The van der Waals surface area contributed by atoms with Gasteiger partial charge in [0, 0.05) is 23.4 Å². The fourth-order valence-corrected chi connectivity index (χ4v) is 1.52. The minimum Gasteiger partial charge on any atom is -0.461 e. The van der Waals surface area contributed by atoms with Crippen LogP contribution in [0, 0.1) is 0 Å². The molecule has 0 unspecified atom stereocenters. The molecule has 0 bridgehead atoms. The lowest BCUT2D eigenvalue weighted by Crippen LogP contribution is -1.92. The number of nitrogen functional groups attached to an aromatic ring is 2. The van der Waals surface area contributed by atoms with E-state index in [1.807, 2.05) is 24.3 Å². The summed E-state index contributed by atoms with van der Waals surface area (Å²) in [5, 5.41) is 0. The highest BCUT2D eigenvalue weighted by atomic mass is 16.3. The van der Waals surface area contributed by atoms with Gasteiger partial charge in [0.25, 0.3) is 0 Å². The van der Waals surface area contributed by atoms with Crippen LogP contribution in [0.4, 0.5) is 11.4 Å². The third kappa shape index (κ3) is 1.81. The van der Waals surface area contributed by atoms with Crippen molar-refractivity contribution < 1.29 is 4.42 Å². The lowest BCUT2D eigenvalue weighted by Gasteiger charge is -2.03. The van der Waals surface area contributed by atoms with Crippen molar-refractivity contribution in [1.29, 1.82) is 0 Å². The van der Waals surface area contributed by atoms with Crippen molar-refractivity contribution in [3.05, 3.63) is 36.1 Å². The van der Waals surface area contributed by atoms with Crippen molar-refractivity contribution in [2.45, 2.75) is 13.3 Å². The van der Waals surface area contributed by atoms with Gasteiger partial charge in [0.2, 0.25) is 0 Å². The minimum atomic E-state index is 0.645. The van der Waals surface area contributed by atoms with Crippen LogP contribution < -0.4 is 11.5 Å². The van der Waals surface area contributed by atoms with Gasteiger partial charge in [-0.1, -0.05) is 6.92 Å². The highest BCUT2D eigenvalue weighted by Crippen LogP contribution is 2.29.